The monoisotopic (exact) mass is 341 g/mol. The lowest BCUT2D eigenvalue weighted by molar-refractivity contribution is 0.0803. The minimum absolute atomic E-state index is 0.351. The summed E-state index contributed by atoms with van der Waals surface area (Å²) < 4.78 is 7.39. The maximum Gasteiger partial charge on any atom is 0.177 e. The average molecular weight is 341 g/mol. The first-order chi connectivity index (χ1) is 12.1. The first-order valence-corrected chi connectivity index (χ1v) is 8.76. The van der Waals surface area contributed by atoms with E-state index in [1.54, 1.807) is 0 Å². The fraction of sp³-hybridized carbons (Fsp3) is 0.500. The summed E-state index contributed by atoms with van der Waals surface area (Å²) in [5, 5.41) is 23.5. The van der Waals surface area contributed by atoms with E-state index in [9.17, 15) is 5.11 Å². The molecule has 0 aromatic carbocycles. The summed E-state index contributed by atoms with van der Waals surface area (Å²) in [6.07, 6.45) is 1.39. The lowest BCUT2D eigenvalue weighted by Gasteiger charge is -2.31. The van der Waals surface area contributed by atoms with Crippen LogP contribution in [0, 0.1) is 13.8 Å². The lowest BCUT2D eigenvalue weighted by Crippen LogP contribution is -2.36. The Morgan fingerprint density at radius 2 is 1.96 bits per heavy atom. The molecule has 0 saturated carbocycles. The summed E-state index contributed by atoms with van der Waals surface area (Å²) in [6.45, 7) is 6.30. The number of fused-ring (bicyclic) bond motifs is 1. The number of aliphatic hydroxyl groups excluding tert-OH is 1. The van der Waals surface area contributed by atoms with Crippen molar-refractivity contribution in [3.63, 3.8) is 0 Å². The number of β-amino-alcohol motifs (C(OH)–C–C–N with tert-alkyl or cyclic N) is 1. The second kappa shape index (κ2) is 6.57. The molecule has 3 aromatic rings. The molecule has 1 aliphatic heterocycles. The molecule has 4 rings (SSSR count). The maximum atomic E-state index is 10.3. The summed E-state index contributed by atoms with van der Waals surface area (Å²) in [5.41, 5.74) is 1.76. The quantitative estimate of drug-likeness (QED) is 0.784. The number of aromatic nitrogens is 4. The fourth-order valence-corrected chi connectivity index (χ4v) is 3.49. The van der Waals surface area contributed by atoms with Gasteiger partial charge in [0.25, 0.3) is 0 Å². The number of likely N-dealkylation sites (tertiary alicyclic amines) is 1. The molecule has 0 aliphatic carbocycles. The predicted molar refractivity (Wildman–Crippen MR) is 92.3 cm³/mol. The Morgan fingerprint density at radius 3 is 2.68 bits per heavy atom. The number of aliphatic hydroxyl groups is 1. The van der Waals surface area contributed by atoms with E-state index in [0.717, 1.165) is 48.9 Å². The molecule has 7 nitrogen and oxygen atoms in total. The number of aryl methyl sites for hydroxylation is 2. The Labute approximate surface area is 146 Å². The highest BCUT2D eigenvalue weighted by Gasteiger charge is 2.26. The highest BCUT2D eigenvalue weighted by atomic mass is 16.4. The van der Waals surface area contributed by atoms with Gasteiger partial charge >= 0.3 is 0 Å². The van der Waals surface area contributed by atoms with Gasteiger partial charge in [0, 0.05) is 12.5 Å². The third-order valence-electron chi connectivity index (χ3n) is 4.89. The van der Waals surface area contributed by atoms with Gasteiger partial charge in [0.2, 0.25) is 0 Å². The van der Waals surface area contributed by atoms with Gasteiger partial charge in [0.15, 0.2) is 11.5 Å². The van der Waals surface area contributed by atoms with E-state index in [-0.39, 0.29) is 0 Å². The SMILES string of the molecule is Cc1ccc2nnc(C3CCN(CC(O)c4ccc(C)o4)CC3)n2n1. The third kappa shape index (κ3) is 3.29. The zero-order chi connectivity index (χ0) is 17.4. The topological polar surface area (TPSA) is 79.7 Å². The van der Waals surface area contributed by atoms with Crippen molar-refractivity contribution in [3.8, 4) is 0 Å². The number of rotatable bonds is 4. The molecule has 1 unspecified atom stereocenters. The van der Waals surface area contributed by atoms with Crippen LogP contribution >= 0.6 is 0 Å². The molecule has 1 aliphatic rings. The van der Waals surface area contributed by atoms with E-state index in [0.29, 0.717) is 18.2 Å². The molecule has 0 bridgehead atoms. The van der Waals surface area contributed by atoms with E-state index in [1.165, 1.54) is 0 Å². The molecule has 132 valence electrons. The Bertz CT molecular complexity index is 863. The van der Waals surface area contributed by atoms with Crippen molar-refractivity contribution in [2.45, 2.75) is 38.7 Å². The summed E-state index contributed by atoms with van der Waals surface area (Å²) in [5.74, 6) is 2.76. The minimum atomic E-state index is -0.580. The van der Waals surface area contributed by atoms with Crippen molar-refractivity contribution >= 4 is 5.65 Å². The fourth-order valence-electron chi connectivity index (χ4n) is 3.49. The molecule has 4 heterocycles. The number of hydrogen-bond donors (Lipinski definition) is 1. The van der Waals surface area contributed by atoms with Gasteiger partial charge in [-0.15, -0.1) is 10.2 Å². The first-order valence-electron chi connectivity index (χ1n) is 8.76. The number of nitrogens with zero attached hydrogens (tertiary/aromatic N) is 5. The van der Waals surface area contributed by atoms with Gasteiger partial charge in [-0.3, -0.25) is 0 Å². The van der Waals surface area contributed by atoms with Crippen LogP contribution in [0.5, 0.6) is 0 Å². The Kier molecular flexibility index (Phi) is 4.27. The minimum Gasteiger partial charge on any atom is -0.464 e. The van der Waals surface area contributed by atoms with Crippen LogP contribution in [0.4, 0.5) is 0 Å². The second-order valence-electron chi connectivity index (χ2n) is 6.84. The molecule has 3 aromatic heterocycles. The molecule has 1 fully saturated rings. The van der Waals surface area contributed by atoms with Crippen LogP contribution in [-0.4, -0.2) is 49.5 Å². The van der Waals surface area contributed by atoms with Crippen molar-refractivity contribution in [2.75, 3.05) is 19.6 Å². The van der Waals surface area contributed by atoms with Gasteiger partial charge < -0.3 is 14.4 Å². The zero-order valence-corrected chi connectivity index (χ0v) is 14.6. The van der Waals surface area contributed by atoms with Crippen molar-refractivity contribution in [1.82, 2.24) is 24.7 Å². The molecule has 0 radical (unpaired) electrons. The Hall–Kier alpha value is -2.25. The van der Waals surface area contributed by atoms with Crippen LogP contribution < -0.4 is 0 Å². The first kappa shape index (κ1) is 16.2. The molecular weight excluding hydrogens is 318 g/mol. The number of piperidine rings is 1. The number of furan rings is 1. The van der Waals surface area contributed by atoms with E-state index in [2.05, 4.69) is 20.2 Å². The van der Waals surface area contributed by atoms with E-state index >= 15 is 0 Å². The van der Waals surface area contributed by atoms with Crippen LogP contribution in [0.3, 0.4) is 0 Å². The summed E-state index contributed by atoms with van der Waals surface area (Å²) in [4.78, 5) is 2.28. The summed E-state index contributed by atoms with van der Waals surface area (Å²) in [6, 6.07) is 7.64. The normalized spacial score (nSPS) is 18.0. The average Bonchev–Trinajstić information content (AvgIpc) is 3.21. The predicted octanol–water partition coefficient (Wildman–Crippen LogP) is 2.25. The van der Waals surface area contributed by atoms with Gasteiger partial charge in [0.1, 0.15) is 17.6 Å². The number of hydrogen-bond acceptors (Lipinski definition) is 6. The Morgan fingerprint density at radius 1 is 1.16 bits per heavy atom. The molecule has 0 spiro atoms. The molecule has 1 saturated heterocycles. The molecular formula is C18H23N5O2. The van der Waals surface area contributed by atoms with Gasteiger partial charge in [0.05, 0.1) is 5.69 Å². The van der Waals surface area contributed by atoms with Crippen molar-refractivity contribution in [1.29, 1.82) is 0 Å². The smallest absolute Gasteiger partial charge is 0.177 e. The largest absolute Gasteiger partial charge is 0.464 e. The van der Waals surface area contributed by atoms with Crippen molar-refractivity contribution in [2.24, 2.45) is 0 Å². The summed E-state index contributed by atoms with van der Waals surface area (Å²) in [7, 11) is 0. The van der Waals surface area contributed by atoms with Crippen LogP contribution in [-0.2, 0) is 0 Å². The highest BCUT2D eigenvalue weighted by molar-refractivity contribution is 5.36. The van der Waals surface area contributed by atoms with Crippen LogP contribution in [0.1, 0.15) is 47.9 Å². The standard InChI is InChI=1S/C18H23N5O2/c1-12-3-6-17-19-20-18(23(17)21-12)14-7-9-22(10-8-14)11-15(24)16-5-4-13(2)25-16/h3-6,14-15,24H,7-11H2,1-2H3. The van der Waals surface area contributed by atoms with Gasteiger partial charge in [-0.2, -0.15) is 9.61 Å². The van der Waals surface area contributed by atoms with Gasteiger partial charge in [-0.05, 0) is 64.0 Å². The third-order valence-corrected chi connectivity index (χ3v) is 4.89. The van der Waals surface area contributed by atoms with Crippen LogP contribution in [0.15, 0.2) is 28.7 Å². The van der Waals surface area contributed by atoms with Gasteiger partial charge in [-0.1, -0.05) is 0 Å². The molecule has 1 atom stereocenters. The Balaban J connectivity index is 1.40. The maximum absolute atomic E-state index is 10.3. The van der Waals surface area contributed by atoms with Crippen LogP contribution in [0.2, 0.25) is 0 Å². The molecule has 0 amide bonds. The molecule has 1 N–H and O–H groups in total. The van der Waals surface area contributed by atoms with E-state index < -0.39 is 6.10 Å². The van der Waals surface area contributed by atoms with E-state index in [1.807, 2.05) is 42.6 Å². The highest BCUT2D eigenvalue weighted by Crippen LogP contribution is 2.28. The van der Waals surface area contributed by atoms with E-state index in [4.69, 9.17) is 4.42 Å². The molecule has 7 heteroatoms. The molecule has 25 heavy (non-hydrogen) atoms. The van der Waals surface area contributed by atoms with Crippen molar-refractivity contribution in [3.05, 3.63) is 47.3 Å². The van der Waals surface area contributed by atoms with Crippen molar-refractivity contribution < 1.29 is 9.52 Å². The van der Waals surface area contributed by atoms with Crippen LogP contribution in [0.25, 0.3) is 5.65 Å². The zero-order valence-electron chi connectivity index (χ0n) is 14.6. The van der Waals surface area contributed by atoms with Gasteiger partial charge in [-0.25, -0.2) is 0 Å². The second-order valence-corrected chi connectivity index (χ2v) is 6.84. The summed E-state index contributed by atoms with van der Waals surface area (Å²) >= 11 is 0. The lowest BCUT2D eigenvalue weighted by atomic mass is 9.96.